The van der Waals surface area contributed by atoms with E-state index in [1.165, 1.54) is 6.42 Å². The molecule has 0 aliphatic heterocycles. The lowest BCUT2D eigenvalue weighted by atomic mass is 9.94. The summed E-state index contributed by atoms with van der Waals surface area (Å²) in [6.45, 7) is 0.186. The van der Waals surface area contributed by atoms with Crippen LogP contribution in [0, 0.1) is 0 Å². The molecule has 1 aliphatic rings. The molecule has 3 aromatic rings. The third-order valence-electron chi connectivity index (χ3n) is 6.82. The fourth-order valence-corrected chi connectivity index (χ4v) is 5.54. The number of hydrogen-bond donors (Lipinski definition) is 1. The Morgan fingerprint density at radius 2 is 1.54 bits per heavy atom. The summed E-state index contributed by atoms with van der Waals surface area (Å²) < 4.78 is 0. The van der Waals surface area contributed by atoms with E-state index >= 15 is 0 Å². The van der Waals surface area contributed by atoms with Crippen molar-refractivity contribution in [3.8, 4) is 0 Å². The molecule has 0 aromatic heterocycles. The molecule has 1 N–H and O–H groups in total. The number of rotatable bonds is 9. The zero-order chi connectivity index (χ0) is 26.2. The van der Waals surface area contributed by atoms with Gasteiger partial charge in [0.2, 0.25) is 11.8 Å². The number of amides is 2. The number of carbonyl (C=O) groups excluding carboxylic acids is 2. The number of hydrogen-bond acceptors (Lipinski definition) is 2. The summed E-state index contributed by atoms with van der Waals surface area (Å²) in [6.07, 6.45) is 5.84. The standard InChI is InChI=1S/C30H31Cl3N2O2/c31-24-11-7-10-22(16-24)18-29(36)35(20-23-14-15-25(32)19-27(23)33)28(17-21-8-3-1-4-9-21)30(37)34-26-12-5-2-6-13-26/h1,3-4,7-11,14-16,19,26,28H,2,5-6,12-13,17-18,20H2,(H,34,37). The molecule has 37 heavy (non-hydrogen) atoms. The van der Waals surface area contributed by atoms with Gasteiger partial charge in [0.15, 0.2) is 0 Å². The zero-order valence-electron chi connectivity index (χ0n) is 20.6. The van der Waals surface area contributed by atoms with Crippen LogP contribution in [0.25, 0.3) is 0 Å². The van der Waals surface area contributed by atoms with Crippen LogP contribution in [0.5, 0.6) is 0 Å². The van der Waals surface area contributed by atoms with E-state index in [0.29, 0.717) is 21.5 Å². The lowest BCUT2D eigenvalue weighted by Gasteiger charge is -2.34. The van der Waals surface area contributed by atoms with Crippen LogP contribution in [0.1, 0.15) is 48.8 Å². The highest BCUT2D eigenvalue weighted by atomic mass is 35.5. The molecular formula is C30H31Cl3N2O2. The van der Waals surface area contributed by atoms with Gasteiger partial charge in [-0.2, -0.15) is 0 Å². The number of nitrogens with zero attached hydrogens (tertiary/aromatic N) is 1. The van der Waals surface area contributed by atoms with E-state index in [1.807, 2.05) is 48.5 Å². The minimum absolute atomic E-state index is 0.119. The van der Waals surface area contributed by atoms with E-state index in [0.717, 1.165) is 42.4 Å². The Labute approximate surface area is 233 Å². The van der Waals surface area contributed by atoms with Crippen molar-refractivity contribution in [3.63, 3.8) is 0 Å². The molecule has 1 saturated carbocycles. The topological polar surface area (TPSA) is 49.4 Å². The average molecular weight is 558 g/mol. The number of carbonyl (C=O) groups is 2. The molecule has 2 amide bonds. The molecule has 1 fully saturated rings. The monoisotopic (exact) mass is 556 g/mol. The van der Waals surface area contributed by atoms with Crippen molar-refractivity contribution in [3.05, 3.63) is 105 Å². The molecule has 194 valence electrons. The van der Waals surface area contributed by atoms with Crippen molar-refractivity contribution >= 4 is 46.6 Å². The number of nitrogens with one attached hydrogen (secondary N) is 1. The van der Waals surface area contributed by atoms with Gasteiger partial charge in [0.05, 0.1) is 6.42 Å². The molecule has 1 unspecified atom stereocenters. The Bertz CT molecular complexity index is 1210. The van der Waals surface area contributed by atoms with Crippen molar-refractivity contribution in [2.75, 3.05) is 0 Å². The number of benzene rings is 3. The Hall–Kier alpha value is -2.53. The first-order valence-electron chi connectivity index (χ1n) is 12.7. The largest absolute Gasteiger partial charge is 0.352 e. The molecule has 0 heterocycles. The summed E-state index contributed by atoms with van der Waals surface area (Å²) in [5, 5.41) is 4.79. The second-order valence-corrected chi connectivity index (χ2v) is 10.9. The summed E-state index contributed by atoms with van der Waals surface area (Å²) in [5.74, 6) is -0.312. The third kappa shape index (κ3) is 7.98. The maximum absolute atomic E-state index is 13.9. The van der Waals surface area contributed by atoms with E-state index in [1.54, 1.807) is 29.2 Å². The molecule has 0 spiro atoms. The van der Waals surface area contributed by atoms with Gasteiger partial charge in [-0.15, -0.1) is 0 Å². The summed E-state index contributed by atoms with van der Waals surface area (Å²) in [4.78, 5) is 29.3. The Morgan fingerprint density at radius 3 is 2.24 bits per heavy atom. The van der Waals surface area contributed by atoms with E-state index in [2.05, 4.69) is 5.32 Å². The first kappa shape index (κ1) is 27.5. The smallest absolute Gasteiger partial charge is 0.243 e. The number of halogens is 3. The van der Waals surface area contributed by atoms with Gasteiger partial charge in [0.1, 0.15) is 6.04 Å². The lowest BCUT2D eigenvalue weighted by molar-refractivity contribution is -0.141. The summed E-state index contributed by atoms with van der Waals surface area (Å²) in [5.41, 5.74) is 2.50. The molecule has 0 saturated heterocycles. The molecule has 1 aliphatic carbocycles. The van der Waals surface area contributed by atoms with Gasteiger partial charge >= 0.3 is 0 Å². The van der Waals surface area contributed by atoms with Gasteiger partial charge < -0.3 is 10.2 Å². The van der Waals surface area contributed by atoms with Crippen molar-refractivity contribution in [1.29, 1.82) is 0 Å². The molecular weight excluding hydrogens is 527 g/mol. The van der Waals surface area contributed by atoms with Crippen LogP contribution in [0.15, 0.2) is 72.8 Å². The van der Waals surface area contributed by atoms with Gasteiger partial charge in [0, 0.05) is 34.1 Å². The molecule has 4 nitrogen and oxygen atoms in total. The van der Waals surface area contributed by atoms with E-state index in [9.17, 15) is 9.59 Å². The fourth-order valence-electron chi connectivity index (χ4n) is 4.85. The van der Waals surface area contributed by atoms with Crippen LogP contribution in [0.2, 0.25) is 15.1 Å². The first-order valence-corrected chi connectivity index (χ1v) is 13.8. The first-order chi connectivity index (χ1) is 17.9. The zero-order valence-corrected chi connectivity index (χ0v) is 22.9. The second-order valence-electron chi connectivity index (χ2n) is 9.61. The van der Waals surface area contributed by atoms with Crippen LogP contribution in [-0.2, 0) is 29.0 Å². The average Bonchev–Trinajstić information content (AvgIpc) is 2.88. The van der Waals surface area contributed by atoms with Crippen LogP contribution in [0.4, 0.5) is 0 Å². The predicted molar refractivity (Wildman–Crippen MR) is 151 cm³/mol. The maximum Gasteiger partial charge on any atom is 0.243 e. The minimum atomic E-state index is -0.706. The fraction of sp³-hybridized carbons (Fsp3) is 0.333. The summed E-state index contributed by atoms with van der Waals surface area (Å²) >= 11 is 18.8. The molecule has 0 bridgehead atoms. The van der Waals surface area contributed by atoms with Crippen LogP contribution in [0.3, 0.4) is 0 Å². The minimum Gasteiger partial charge on any atom is -0.352 e. The lowest BCUT2D eigenvalue weighted by Crippen LogP contribution is -2.53. The molecule has 4 rings (SSSR count). The normalized spacial score (nSPS) is 14.7. The van der Waals surface area contributed by atoms with Gasteiger partial charge in [-0.25, -0.2) is 0 Å². The highest BCUT2D eigenvalue weighted by Gasteiger charge is 2.32. The Kier molecular flexibility index (Phi) is 9.90. The van der Waals surface area contributed by atoms with Crippen molar-refractivity contribution in [2.24, 2.45) is 0 Å². The summed E-state index contributed by atoms with van der Waals surface area (Å²) in [6, 6.07) is 21.7. The van der Waals surface area contributed by atoms with Crippen LogP contribution >= 0.6 is 34.8 Å². The summed E-state index contributed by atoms with van der Waals surface area (Å²) in [7, 11) is 0. The quantitative estimate of drug-likeness (QED) is 0.301. The molecule has 1 atom stereocenters. The van der Waals surface area contributed by atoms with Crippen LogP contribution < -0.4 is 5.32 Å². The SMILES string of the molecule is O=C(NC1CCCCC1)C(Cc1ccccc1)N(Cc1ccc(Cl)cc1Cl)C(=O)Cc1cccc(Cl)c1. The van der Waals surface area contributed by atoms with Gasteiger partial charge in [-0.05, 0) is 53.8 Å². The van der Waals surface area contributed by atoms with Gasteiger partial charge in [-0.1, -0.05) is 103 Å². The molecule has 7 heteroatoms. The molecule has 0 radical (unpaired) electrons. The second kappa shape index (κ2) is 13.3. The van der Waals surface area contributed by atoms with E-state index in [4.69, 9.17) is 34.8 Å². The molecule has 3 aromatic carbocycles. The Morgan fingerprint density at radius 1 is 0.838 bits per heavy atom. The highest BCUT2D eigenvalue weighted by molar-refractivity contribution is 6.35. The third-order valence-corrected chi connectivity index (χ3v) is 7.64. The van der Waals surface area contributed by atoms with Gasteiger partial charge in [0.25, 0.3) is 0 Å². The Balaban J connectivity index is 1.68. The van der Waals surface area contributed by atoms with Crippen LogP contribution in [-0.4, -0.2) is 28.8 Å². The van der Waals surface area contributed by atoms with E-state index in [-0.39, 0.29) is 30.8 Å². The predicted octanol–water partition coefficient (Wildman–Crippen LogP) is 7.28. The highest BCUT2D eigenvalue weighted by Crippen LogP contribution is 2.25. The maximum atomic E-state index is 13.9. The van der Waals surface area contributed by atoms with Crippen molar-refractivity contribution in [1.82, 2.24) is 10.2 Å². The van der Waals surface area contributed by atoms with E-state index < -0.39 is 6.04 Å². The van der Waals surface area contributed by atoms with Gasteiger partial charge in [-0.3, -0.25) is 9.59 Å². The van der Waals surface area contributed by atoms with Crippen molar-refractivity contribution in [2.45, 2.75) is 63.6 Å². The van der Waals surface area contributed by atoms with Crippen molar-refractivity contribution < 1.29 is 9.59 Å².